The van der Waals surface area contributed by atoms with Gasteiger partial charge in [-0.25, -0.2) is 8.42 Å². The molecule has 0 bridgehead atoms. The highest BCUT2D eigenvalue weighted by Gasteiger charge is 2.13. The van der Waals surface area contributed by atoms with Crippen molar-refractivity contribution >= 4 is 38.9 Å². The molecule has 2 aromatic rings. The van der Waals surface area contributed by atoms with E-state index in [9.17, 15) is 13.2 Å². The second kappa shape index (κ2) is 7.48. The topological polar surface area (TPSA) is 75.3 Å². The smallest absolute Gasteiger partial charge is 0.261 e. The highest BCUT2D eigenvalue weighted by atomic mass is 35.5. The summed E-state index contributed by atoms with van der Waals surface area (Å²) in [6.07, 6.45) is 0.226. The molecule has 23 heavy (non-hydrogen) atoms. The predicted molar refractivity (Wildman–Crippen MR) is 92.4 cm³/mol. The van der Waals surface area contributed by atoms with E-state index < -0.39 is 10.0 Å². The standard InChI is InChI=1S/C16H17ClN2O3S/c1-12-2-8-15(9-3-12)23(21,22)19-14-6-4-13(5-7-14)18-16(20)10-11-17/h2-9,19H,10-11H2,1H3,(H,18,20). The van der Waals surface area contributed by atoms with Gasteiger partial charge in [-0.15, -0.1) is 11.6 Å². The van der Waals surface area contributed by atoms with Crippen LogP contribution < -0.4 is 10.0 Å². The lowest BCUT2D eigenvalue weighted by Gasteiger charge is -2.09. The molecule has 7 heteroatoms. The SMILES string of the molecule is Cc1ccc(S(=O)(=O)Nc2ccc(NC(=O)CCCl)cc2)cc1. The number of halogens is 1. The first-order valence-corrected chi connectivity index (χ1v) is 8.98. The second-order valence-electron chi connectivity index (χ2n) is 4.98. The molecule has 0 aliphatic carbocycles. The number of sulfonamides is 1. The first kappa shape index (κ1) is 17.3. The van der Waals surface area contributed by atoms with Crippen molar-refractivity contribution in [2.75, 3.05) is 15.9 Å². The quantitative estimate of drug-likeness (QED) is 0.783. The van der Waals surface area contributed by atoms with Crippen LogP contribution in [0.15, 0.2) is 53.4 Å². The fourth-order valence-electron chi connectivity index (χ4n) is 1.86. The molecule has 0 fully saturated rings. The van der Waals surface area contributed by atoms with Crippen LogP contribution in [0.1, 0.15) is 12.0 Å². The molecule has 0 spiro atoms. The van der Waals surface area contributed by atoms with Crippen molar-refractivity contribution in [1.82, 2.24) is 0 Å². The number of hydrogen-bond acceptors (Lipinski definition) is 3. The lowest BCUT2D eigenvalue weighted by Crippen LogP contribution is -2.13. The van der Waals surface area contributed by atoms with Gasteiger partial charge >= 0.3 is 0 Å². The van der Waals surface area contributed by atoms with Crippen LogP contribution in [0.5, 0.6) is 0 Å². The number of carbonyl (C=O) groups is 1. The van der Waals surface area contributed by atoms with E-state index in [4.69, 9.17) is 11.6 Å². The van der Waals surface area contributed by atoms with E-state index >= 15 is 0 Å². The van der Waals surface area contributed by atoms with E-state index in [2.05, 4.69) is 10.0 Å². The third-order valence-corrected chi connectivity index (χ3v) is 4.66. The van der Waals surface area contributed by atoms with E-state index in [0.29, 0.717) is 11.4 Å². The maximum absolute atomic E-state index is 12.3. The molecule has 5 nitrogen and oxygen atoms in total. The fourth-order valence-corrected chi connectivity index (χ4v) is 3.09. The van der Waals surface area contributed by atoms with Gasteiger partial charge < -0.3 is 5.32 Å². The van der Waals surface area contributed by atoms with Crippen LogP contribution in [0.25, 0.3) is 0 Å². The number of rotatable bonds is 6. The summed E-state index contributed by atoms with van der Waals surface area (Å²) in [7, 11) is -3.63. The molecule has 122 valence electrons. The summed E-state index contributed by atoms with van der Waals surface area (Å²) < 4.78 is 27.0. The van der Waals surface area contributed by atoms with Crippen LogP contribution in [0, 0.1) is 6.92 Å². The average molecular weight is 353 g/mol. The Bertz CT molecular complexity index is 772. The highest BCUT2D eigenvalue weighted by Crippen LogP contribution is 2.19. The van der Waals surface area contributed by atoms with Gasteiger partial charge in [0.2, 0.25) is 5.91 Å². The maximum Gasteiger partial charge on any atom is 0.261 e. The maximum atomic E-state index is 12.3. The number of hydrogen-bond donors (Lipinski definition) is 2. The third-order valence-electron chi connectivity index (χ3n) is 3.07. The molecule has 0 saturated heterocycles. The molecular weight excluding hydrogens is 336 g/mol. The zero-order valence-electron chi connectivity index (χ0n) is 12.5. The number of amides is 1. The summed E-state index contributed by atoms with van der Waals surface area (Å²) >= 11 is 5.49. The lowest BCUT2D eigenvalue weighted by molar-refractivity contribution is -0.115. The first-order valence-electron chi connectivity index (χ1n) is 6.96. The zero-order valence-corrected chi connectivity index (χ0v) is 14.1. The van der Waals surface area contributed by atoms with Gasteiger partial charge in [0.05, 0.1) is 4.90 Å². The Hall–Kier alpha value is -2.05. The van der Waals surface area contributed by atoms with Gasteiger partial charge in [0.15, 0.2) is 0 Å². The van der Waals surface area contributed by atoms with Gasteiger partial charge in [-0.2, -0.15) is 0 Å². The summed E-state index contributed by atoms with van der Waals surface area (Å²) in [4.78, 5) is 11.6. The molecule has 0 unspecified atom stereocenters. The van der Waals surface area contributed by atoms with Gasteiger partial charge in [-0.3, -0.25) is 9.52 Å². The van der Waals surface area contributed by atoms with Crippen molar-refractivity contribution in [3.05, 3.63) is 54.1 Å². The summed E-state index contributed by atoms with van der Waals surface area (Å²) in [6.45, 7) is 1.89. The van der Waals surface area contributed by atoms with Crippen molar-refractivity contribution in [2.45, 2.75) is 18.2 Å². The molecule has 1 amide bonds. The van der Waals surface area contributed by atoms with Crippen LogP contribution in [-0.4, -0.2) is 20.2 Å². The van der Waals surface area contributed by atoms with Gasteiger partial charge in [0, 0.05) is 23.7 Å². The van der Waals surface area contributed by atoms with E-state index in [1.807, 2.05) is 6.92 Å². The van der Waals surface area contributed by atoms with Crippen molar-refractivity contribution in [1.29, 1.82) is 0 Å². The van der Waals surface area contributed by atoms with E-state index in [0.717, 1.165) is 5.56 Å². The Kier molecular flexibility index (Phi) is 5.63. The Morgan fingerprint density at radius 1 is 1.00 bits per heavy atom. The minimum atomic E-state index is -3.63. The Morgan fingerprint density at radius 3 is 2.13 bits per heavy atom. The normalized spacial score (nSPS) is 11.0. The number of carbonyl (C=O) groups excluding carboxylic acids is 1. The highest BCUT2D eigenvalue weighted by molar-refractivity contribution is 7.92. The van der Waals surface area contributed by atoms with Crippen molar-refractivity contribution in [3.63, 3.8) is 0 Å². The largest absolute Gasteiger partial charge is 0.326 e. The minimum Gasteiger partial charge on any atom is -0.326 e. The van der Waals surface area contributed by atoms with Gasteiger partial charge in [0.1, 0.15) is 0 Å². The fraction of sp³-hybridized carbons (Fsp3) is 0.188. The van der Waals surface area contributed by atoms with Gasteiger partial charge in [0.25, 0.3) is 10.0 Å². The Balaban J connectivity index is 2.08. The summed E-state index contributed by atoms with van der Waals surface area (Å²) in [6, 6.07) is 13.0. The minimum absolute atomic E-state index is 0.187. The molecule has 0 atom stereocenters. The first-order chi connectivity index (χ1) is 10.9. The van der Waals surface area contributed by atoms with Gasteiger partial charge in [-0.05, 0) is 43.3 Å². The molecule has 0 radical (unpaired) electrons. The molecule has 0 aliphatic heterocycles. The molecule has 2 N–H and O–H groups in total. The molecule has 0 aliphatic rings. The molecule has 2 rings (SSSR count). The Labute approximate surface area is 140 Å². The number of anilines is 2. The molecule has 0 aromatic heterocycles. The second-order valence-corrected chi connectivity index (χ2v) is 7.04. The van der Waals surface area contributed by atoms with Crippen LogP contribution in [0.4, 0.5) is 11.4 Å². The summed E-state index contributed by atoms with van der Waals surface area (Å²) in [5.41, 5.74) is 1.99. The number of benzene rings is 2. The third kappa shape index (κ3) is 4.97. The van der Waals surface area contributed by atoms with E-state index in [1.54, 1.807) is 48.5 Å². The van der Waals surface area contributed by atoms with Crippen molar-refractivity contribution in [2.24, 2.45) is 0 Å². The van der Waals surface area contributed by atoms with Crippen LogP contribution >= 0.6 is 11.6 Å². The summed E-state index contributed by atoms with van der Waals surface area (Å²) in [5.74, 6) is 0.0632. The van der Waals surface area contributed by atoms with Crippen LogP contribution in [0.2, 0.25) is 0 Å². The van der Waals surface area contributed by atoms with Crippen LogP contribution in [-0.2, 0) is 14.8 Å². The molecular formula is C16H17ClN2O3S. The monoisotopic (exact) mass is 352 g/mol. The van der Waals surface area contributed by atoms with Crippen molar-refractivity contribution in [3.8, 4) is 0 Å². The molecule has 2 aromatic carbocycles. The summed E-state index contributed by atoms with van der Waals surface area (Å²) in [5, 5.41) is 2.67. The number of nitrogens with one attached hydrogen (secondary N) is 2. The number of aryl methyl sites for hydroxylation is 1. The predicted octanol–water partition coefficient (Wildman–Crippen LogP) is 3.36. The lowest BCUT2D eigenvalue weighted by atomic mass is 10.2. The molecule has 0 heterocycles. The van der Waals surface area contributed by atoms with E-state index in [-0.39, 0.29) is 23.1 Å². The average Bonchev–Trinajstić information content (AvgIpc) is 2.50. The molecule has 0 saturated carbocycles. The van der Waals surface area contributed by atoms with E-state index in [1.165, 1.54) is 0 Å². The Morgan fingerprint density at radius 2 is 1.57 bits per heavy atom. The van der Waals surface area contributed by atoms with Gasteiger partial charge in [-0.1, -0.05) is 17.7 Å². The number of alkyl halides is 1. The van der Waals surface area contributed by atoms with Crippen LogP contribution in [0.3, 0.4) is 0 Å². The van der Waals surface area contributed by atoms with Crippen molar-refractivity contribution < 1.29 is 13.2 Å². The zero-order chi connectivity index (χ0) is 16.9.